The smallest absolute Gasteiger partial charge is 0.327 e. The van der Waals surface area contributed by atoms with E-state index in [1.165, 1.54) is 48.0 Å². The first kappa shape index (κ1) is 33.6. The summed E-state index contributed by atoms with van der Waals surface area (Å²) in [6.45, 7) is 3.43. The van der Waals surface area contributed by atoms with Crippen LogP contribution in [0.25, 0.3) is 0 Å². The first-order valence-corrected chi connectivity index (χ1v) is 11.3. The lowest BCUT2D eigenvalue weighted by Crippen LogP contribution is -2.71. The van der Waals surface area contributed by atoms with Gasteiger partial charge in [-0.15, -0.1) is 11.8 Å². The second kappa shape index (κ2) is 12.7. The van der Waals surface area contributed by atoms with Gasteiger partial charge in [-0.2, -0.15) is 0 Å². The number of carbonyl (C=O) groups excluding carboxylic acids is 4. The molecule has 4 amide bonds. The monoisotopic (exact) mass is 547 g/mol. The molecule has 13 N–H and O–H groups in total. The Morgan fingerprint density at radius 1 is 1.11 bits per heavy atom. The number of hydrogen-bond donors (Lipinski definition) is 6. The number of rotatable bonds is 8. The van der Waals surface area contributed by atoms with E-state index in [1.54, 1.807) is 13.8 Å². The molecular weight excluding hydrogens is 514 g/mol. The predicted molar refractivity (Wildman–Crippen MR) is 132 cm³/mol. The third kappa shape index (κ3) is 6.66. The fraction of sp³-hybridized carbons (Fsp3) is 0.476. The quantitative estimate of drug-likeness (QED) is 0.173. The summed E-state index contributed by atoms with van der Waals surface area (Å²) in [6, 6.07) is 0.997. The molecule has 1 aromatic carbocycles. The van der Waals surface area contributed by atoms with Gasteiger partial charge in [0, 0.05) is 11.8 Å². The van der Waals surface area contributed by atoms with Crippen LogP contribution >= 0.6 is 11.8 Å². The van der Waals surface area contributed by atoms with E-state index in [0.29, 0.717) is 5.56 Å². The standard InChI is InChI=1S/C21H27N5O7S.3H2O/c1-21(2)15(20(32)33)26-18(31)14(19(26)34-21)25-17(30)13(9-4-6-10(27)7-5-9)24-16(29)11(22)8-12(28)23-3;;;/h4-7,11,13-15,19,27H,8,22H2,1-3H3,(H,23,28)(H,24,29)(H,25,30)(H,32,33);3*1H2/t11-,13+,14+,15-,19+;;;/m0.../s1. The van der Waals surface area contributed by atoms with E-state index in [1.807, 2.05) is 0 Å². The highest BCUT2D eigenvalue weighted by Crippen LogP contribution is 2.50. The summed E-state index contributed by atoms with van der Waals surface area (Å²) < 4.78 is -0.761. The van der Waals surface area contributed by atoms with Gasteiger partial charge in [0.2, 0.25) is 23.6 Å². The maximum absolute atomic E-state index is 13.2. The number of hydrogen-bond acceptors (Lipinski definition) is 8. The lowest BCUT2D eigenvalue weighted by Gasteiger charge is -2.44. The maximum Gasteiger partial charge on any atom is 0.327 e. The van der Waals surface area contributed by atoms with E-state index in [-0.39, 0.29) is 28.6 Å². The van der Waals surface area contributed by atoms with E-state index in [4.69, 9.17) is 5.73 Å². The van der Waals surface area contributed by atoms with Crippen LogP contribution in [0.15, 0.2) is 24.3 Å². The van der Waals surface area contributed by atoms with Gasteiger partial charge in [0.05, 0.1) is 12.5 Å². The third-order valence-electron chi connectivity index (χ3n) is 5.77. The van der Waals surface area contributed by atoms with Crippen molar-refractivity contribution in [3.63, 3.8) is 0 Å². The van der Waals surface area contributed by atoms with Crippen LogP contribution in [0.3, 0.4) is 0 Å². The van der Waals surface area contributed by atoms with Crippen molar-refractivity contribution in [2.75, 3.05) is 7.05 Å². The van der Waals surface area contributed by atoms with Gasteiger partial charge in [0.15, 0.2) is 0 Å². The van der Waals surface area contributed by atoms with Crippen LogP contribution < -0.4 is 21.7 Å². The Morgan fingerprint density at radius 3 is 2.19 bits per heavy atom. The van der Waals surface area contributed by atoms with E-state index in [0.717, 1.165) is 0 Å². The Bertz CT molecular complexity index is 1020. The fourth-order valence-corrected chi connectivity index (χ4v) is 5.62. The SMILES string of the molecule is CNC(=O)C[C@H](N)C(=O)N[C@@H](C(=O)N[C@@H]1C(=O)N2[C@@H]1SC(C)(C)[C@@H]2C(=O)O)c1ccc(O)cc1.O.O.O. The number of aliphatic carboxylic acids is 1. The minimum atomic E-state index is -1.28. The molecule has 2 fully saturated rings. The molecule has 0 radical (unpaired) electrons. The second-order valence-corrected chi connectivity index (χ2v) is 10.4. The molecule has 16 heteroatoms. The normalized spacial score (nSPS) is 22.3. The third-order valence-corrected chi connectivity index (χ3v) is 7.34. The number of phenols is 1. The average Bonchev–Trinajstić information content (AvgIpc) is 3.03. The largest absolute Gasteiger partial charge is 0.508 e. The van der Waals surface area contributed by atoms with Crippen LogP contribution in [-0.2, 0) is 24.0 Å². The molecular formula is C21H33N5O10S. The number of thioether (sulfide) groups is 1. The minimum absolute atomic E-state index is 0. The first-order chi connectivity index (χ1) is 15.9. The van der Waals surface area contributed by atoms with Crippen molar-refractivity contribution in [3.8, 4) is 5.75 Å². The number of carbonyl (C=O) groups is 5. The maximum atomic E-state index is 13.2. The van der Waals surface area contributed by atoms with Gasteiger partial charge in [0.1, 0.15) is 29.2 Å². The number of carboxylic acids is 1. The molecule has 0 unspecified atom stereocenters. The number of phenolic OH excluding ortho intramolecular Hbond substituents is 1. The summed E-state index contributed by atoms with van der Waals surface area (Å²) in [5.41, 5.74) is 6.09. The number of nitrogens with two attached hydrogens (primary N) is 1. The number of amides is 4. The molecule has 2 aliphatic rings. The molecule has 5 atom stereocenters. The Balaban J connectivity index is 0.00000432. The lowest BCUT2D eigenvalue weighted by atomic mass is 9.95. The van der Waals surface area contributed by atoms with Crippen molar-refractivity contribution in [1.82, 2.24) is 20.9 Å². The van der Waals surface area contributed by atoms with Gasteiger partial charge in [-0.1, -0.05) is 12.1 Å². The molecule has 0 aromatic heterocycles. The highest BCUT2D eigenvalue weighted by molar-refractivity contribution is 8.01. The molecule has 0 spiro atoms. The second-order valence-electron chi connectivity index (χ2n) is 8.60. The van der Waals surface area contributed by atoms with E-state index in [9.17, 15) is 34.2 Å². The first-order valence-electron chi connectivity index (χ1n) is 10.5. The van der Waals surface area contributed by atoms with E-state index < -0.39 is 63.9 Å². The van der Waals surface area contributed by atoms with Crippen molar-refractivity contribution in [1.29, 1.82) is 0 Å². The van der Waals surface area contributed by atoms with Crippen LogP contribution in [0.4, 0.5) is 0 Å². The van der Waals surface area contributed by atoms with E-state index in [2.05, 4.69) is 16.0 Å². The predicted octanol–water partition coefficient (Wildman–Crippen LogP) is -3.83. The van der Waals surface area contributed by atoms with Gasteiger partial charge in [-0.3, -0.25) is 19.2 Å². The molecule has 0 bridgehead atoms. The lowest BCUT2D eigenvalue weighted by molar-refractivity contribution is -0.161. The zero-order valence-corrected chi connectivity index (χ0v) is 21.1. The number of aromatic hydroxyl groups is 1. The molecule has 0 saturated carbocycles. The molecule has 2 heterocycles. The molecule has 3 rings (SSSR count). The molecule has 208 valence electrons. The molecule has 2 saturated heterocycles. The van der Waals surface area contributed by atoms with Gasteiger partial charge >= 0.3 is 5.97 Å². The summed E-state index contributed by atoms with van der Waals surface area (Å²) in [6.07, 6.45) is -0.299. The minimum Gasteiger partial charge on any atom is -0.508 e. The van der Waals surface area contributed by atoms with Gasteiger partial charge in [-0.25, -0.2) is 4.79 Å². The summed E-state index contributed by atoms with van der Waals surface area (Å²) >= 11 is 1.27. The number of β-lactam (4-membered cyclic amide) rings is 1. The summed E-state index contributed by atoms with van der Waals surface area (Å²) in [7, 11) is 1.40. The van der Waals surface area contributed by atoms with Crippen LogP contribution in [0.2, 0.25) is 0 Å². The average molecular weight is 548 g/mol. The fourth-order valence-electron chi connectivity index (χ4n) is 3.99. The van der Waals surface area contributed by atoms with Crippen LogP contribution in [0.1, 0.15) is 31.9 Å². The van der Waals surface area contributed by atoms with Crippen molar-refractivity contribution in [2.45, 2.75) is 54.6 Å². The van der Waals surface area contributed by atoms with Crippen molar-refractivity contribution in [3.05, 3.63) is 29.8 Å². The van der Waals surface area contributed by atoms with Crippen molar-refractivity contribution >= 4 is 41.4 Å². The number of benzene rings is 1. The Kier molecular flexibility index (Phi) is 11.5. The number of nitrogens with one attached hydrogen (secondary N) is 3. The highest BCUT2D eigenvalue weighted by atomic mass is 32.2. The Labute approximate surface area is 216 Å². The summed E-state index contributed by atoms with van der Waals surface area (Å²) in [5, 5.41) is 26.0. The summed E-state index contributed by atoms with van der Waals surface area (Å²) in [4.78, 5) is 62.9. The molecule has 0 aliphatic carbocycles. The van der Waals surface area contributed by atoms with Crippen LogP contribution in [0.5, 0.6) is 5.75 Å². The molecule has 1 aromatic rings. The zero-order chi connectivity index (χ0) is 25.4. The van der Waals surface area contributed by atoms with Gasteiger partial charge in [0.25, 0.3) is 0 Å². The topological polar surface area (TPSA) is 286 Å². The molecule has 15 nitrogen and oxygen atoms in total. The van der Waals surface area contributed by atoms with Gasteiger partial charge in [-0.05, 0) is 31.5 Å². The Hall–Kier alpha value is -3.44. The Morgan fingerprint density at radius 2 is 1.68 bits per heavy atom. The number of carboxylic acid groups (broad SMARTS) is 1. The van der Waals surface area contributed by atoms with E-state index >= 15 is 0 Å². The molecule has 37 heavy (non-hydrogen) atoms. The highest BCUT2D eigenvalue weighted by Gasteiger charge is 2.64. The van der Waals surface area contributed by atoms with Crippen molar-refractivity contribution < 1.29 is 50.6 Å². The summed E-state index contributed by atoms with van der Waals surface area (Å²) in [5.74, 6) is -3.66. The van der Waals surface area contributed by atoms with Crippen molar-refractivity contribution in [2.24, 2.45) is 5.73 Å². The van der Waals surface area contributed by atoms with Crippen LogP contribution in [-0.4, -0.2) is 96.4 Å². The van der Waals surface area contributed by atoms with Gasteiger partial charge < -0.3 is 53.2 Å². The molecule has 2 aliphatic heterocycles. The zero-order valence-electron chi connectivity index (χ0n) is 20.3. The van der Waals surface area contributed by atoms with Crippen LogP contribution in [0, 0.1) is 0 Å². The number of nitrogens with zero attached hydrogens (tertiary/aromatic N) is 1. The number of fused-ring (bicyclic) bond motifs is 1.